The van der Waals surface area contributed by atoms with E-state index < -0.39 is 0 Å². The Morgan fingerprint density at radius 2 is 1.89 bits per heavy atom. The first kappa shape index (κ1) is 20.3. The SMILES string of the molecule is CCN1CCN(C(c2cccs2)C(C)NC(=S)Nc2ccccc2C)CC1. The number of nitrogens with one attached hydrogen (secondary N) is 2. The van der Waals surface area contributed by atoms with Crippen LogP contribution in [-0.4, -0.2) is 53.7 Å². The molecule has 0 saturated carbocycles. The Balaban J connectivity index is 1.67. The minimum atomic E-state index is 0.223. The lowest BCUT2D eigenvalue weighted by molar-refractivity contribution is 0.0883. The van der Waals surface area contributed by atoms with Crippen molar-refractivity contribution in [3.63, 3.8) is 0 Å². The summed E-state index contributed by atoms with van der Waals surface area (Å²) in [5.41, 5.74) is 2.26. The Bertz CT molecular complexity index is 724. The maximum absolute atomic E-state index is 5.61. The fourth-order valence-electron chi connectivity index (χ4n) is 3.72. The third-order valence-corrected chi connectivity index (χ3v) is 6.47. The largest absolute Gasteiger partial charge is 0.358 e. The van der Waals surface area contributed by atoms with Crippen LogP contribution in [0.1, 0.15) is 30.3 Å². The number of aryl methyl sites for hydroxylation is 1. The van der Waals surface area contributed by atoms with E-state index in [2.05, 4.69) is 70.9 Å². The lowest BCUT2D eigenvalue weighted by Gasteiger charge is -2.41. The number of piperazine rings is 1. The van der Waals surface area contributed by atoms with Crippen molar-refractivity contribution in [2.24, 2.45) is 0 Å². The molecule has 1 fully saturated rings. The van der Waals surface area contributed by atoms with Crippen molar-refractivity contribution in [3.05, 3.63) is 52.2 Å². The molecule has 3 rings (SSSR count). The first-order valence-electron chi connectivity index (χ1n) is 9.71. The number of thiophene rings is 1. The molecule has 0 spiro atoms. The van der Waals surface area contributed by atoms with Gasteiger partial charge in [0.25, 0.3) is 0 Å². The lowest BCUT2D eigenvalue weighted by Crippen LogP contribution is -2.52. The van der Waals surface area contributed by atoms with E-state index in [9.17, 15) is 0 Å². The number of rotatable bonds is 6. The van der Waals surface area contributed by atoms with Crippen LogP contribution in [0.4, 0.5) is 5.69 Å². The van der Waals surface area contributed by atoms with E-state index in [-0.39, 0.29) is 6.04 Å². The Morgan fingerprint density at radius 1 is 1.15 bits per heavy atom. The van der Waals surface area contributed by atoms with Gasteiger partial charge >= 0.3 is 0 Å². The van der Waals surface area contributed by atoms with Crippen molar-refractivity contribution >= 4 is 34.4 Å². The van der Waals surface area contributed by atoms with Gasteiger partial charge in [0.05, 0.1) is 6.04 Å². The monoisotopic (exact) mass is 402 g/mol. The summed E-state index contributed by atoms with van der Waals surface area (Å²) in [6, 6.07) is 13.2. The van der Waals surface area contributed by atoms with Crippen LogP contribution in [0.2, 0.25) is 0 Å². The summed E-state index contributed by atoms with van der Waals surface area (Å²) in [4.78, 5) is 6.52. The van der Waals surface area contributed by atoms with Gasteiger partial charge in [0.15, 0.2) is 5.11 Å². The summed E-state index contributed by atoms with van der Waals surface area (Å²) in [5, 5.41) is 9.75. The van der Waals surface area contributed by atoms with Gasteiger partial charge in [0, 0.05) is 42.8 Å². The molecular formula is C21H30N4S2. The molecule has 1 aromatic carbocycles. The molecule has 27 heavy (non-hydrogen) atoms. The second kappa shape index (κ2) is 9.64. The highest BCUT2D eigenvalue weighted by Gasteiger charge is 2.30. The number of hydrogen-bond donors (Lipinski definition) is 2. The molecule has 1 saturated heterocycles. The van der Waals surface area contributed by atoms with Gasteiger partial charge in [-0.05, 0) is 55.7 Å². The normalized spacial score (nSPS) is 18.0. The average molecular weight is 403 g/mol. The molecule has 1 aromatic heterocycles. The Labute approximate surface area is 172 Å². The number of hydrogen-bond acceptors (Lipinski definition) is 4. The van der Waals surface area contributed by atoms with Gasteiger partial charge in [-0.1, -0.05) is 31.2 Å². The van der Waals surface area contributed by atoms with E-state index in [1.165, 1.54) is 10.4 Å². The van der Waals surface area contributed by atoms with Crippen LogP contribution < -0.4 is 10.6 Å². The zero-order valence-electron chi connectivity index (χ0n) is 16.4. The quantitative estimate of drug-likeness (QED) is 0.710. The van der Waals surface area contributed by atoms with Crippen LogP contribution in [0.25, 0.3) is 0 Å². The molecule has 1 aliphatic rings. The second-order valence-electron chi connectivity index (χ2n) is 7.13. The average Bonchev–Trinajstić information content (AvgIpc) is 3.18. The van der Waals surface area contributed by atoms with Gasteiger partial charge in [0.2, 0.25) is 0 Å². The Kier molecular flexibility index (Phi) is 7.24. The molecule has 6 heteroatoms. The lowest BCUT2D eigenvalue weighted by atomic mass is 10.0. The van der Waals surface area contributed by atoms with E-state index >= 15 is 0 Å². The second-order valence-corrected chi connectivity index (χ2v) is 8.52. The molecule has 0 aliphatic carbocycles. The number of anilines is 1. The smallest absolute Gasteiger partial charge is 0.171 e. The van der Waals surface area contributed by atoms with Gasteiger partial charge in [-0.25, -0.2) is 0 Å². The molecule has 1 aliphatic heterocycles. The van der Waals surface area contributed by atoms with Gasteiger partial charge in [-0.3, -0.25) is 4.90 Å². The number of thiocarbonyl (C=S) groups is 1. The van der Waals surface area contributed by atoms with Crippen LogP contribution in [0, 0.1) is 6.92 Å². The zero-order valence-corrected chi connectivity index (χ0v) is 18.1. The minimum absolute atomic E-state index is 0.223. The van der Waals surface area contributed by atoms with E-state index in [0.717, 1.165) is 38.4 Å². The van der Waals surface area contributed by atoms with Crippen LogP contribution in [0.15, 0.2) is 41.8 Å². The van der Waals surface area contributed by atoms with Crippen LogP contribution in [-0.2, 0) is 0 Å². The molecule has 2 heterocycles. The highest BCUT2D eigenvalue weighted by atomic mass is 32.1. The van der Waals surface area contributed by atoms with Gasteiger partial charge in [0.1, 0.15) is 0 Å². The van der Waals surface area contributed by atoms with Gasteiger partial charge in [-0.2, -0.15) is 0 Å². The Morgan fingerprint density at radius 3 is 2.52 bits per heavy atom. The summed E-state index contributed by atoms with van der Waals surface area (Å²) < 4.78 is 0. The van der Waals surface area contributed by atoms with E-state index in [1.54, 1.807) is 0 Å². The summed E-state index contributed by atoms with van der Waals surface area (Å²) in [7, 11) is 0. The van der Waals surface area contributed by atoms with E-state index in [4.69, 9.17) is 12.2 Å². The zero-order chi connectivity index (χ0) is 19.2. The molecular weight excluding hydrogens is 372 g/mol. The van der Waals surface area contributed by atoms with Gasteiger partial charge in [-0.15, -0.1) is 11.3 Å². The third-order valence-electron chi connectivity index (χ3n) is 5.31. The number of nitrogens with zero attached hydrogens (tertiary/aromatic N) is 2. The topological polar surface area (TPSA) is 30.5 Å². The highest BCUT2D eigenvalue weighted by molar-refractivity contribution is 7.80. The number of benzene rings is 1. The molecule has 2 atom stereocenters. The molecule has 2 unspecified atom stereocenters. The van der Waals surface area contributed by atoms with Crippen LogP contribution in [0.3, 0.4) is 0 Å². The number of likely N-dealkylation sites (N-methyl/N-ethyl adjacent to an activating group) is 1. The van der Waals surface area contributed by atoms with Crippen LogP contribution in [0.5, 0.6) is 0 Å². The van der Waals surface area contributed by atoms with Crippen molar-refractivity contribution in [1.82, 2.24) is 15.1 Å². The first-order valence-corrected chi connectivity index (χ1v) is 11.0. The van der Waals surface area contributed by atoms with Crippen molar-refractivity contribution in [3.8, 4) is 0 Å². The minimum Gasteiger partial charge on any atom is -0.358 e. The first-order chi connectivity index (χ1) is 13.1. The molecule has 0 bridgehead atoms. The molecule has 0 radical (unpaired) electrons. The summed E-state index contributed by atoms with van der Waals surface area (Å²) in [5.74, 6) is 0. The molecule has 0 amide bonds. The third kappa shape index (κ3) is 5.29. The molecule has 2 N–H and O–H groups in total. The van der Waals surface area contributed by atoms with Crippen molar-refractivity contribution in [2.45, 2.75) is 32.9 Å². The maximum atomic E-state index is 5.61. The van der Waals surface area contributed by atoms with Crippen molar-refractivity contribution in [1.29, 1.82) is 0 Å². The van der Waals surface area contributed by atoms with E-state index in [0.29, 0.717) is 11.2 Å². The molecule has 4 nitrogen and oxygen atoms in total. The summed E-state index contributed by atoms with van der Waals surface area (Å²) >= 11 is 7.45. The van der Waals surface area contributed by atoms with Crippen LogP contribution >= 0.6 is 23.6 Å². The predicted molar refractivity (Wildman–Crippen MR) is 121 cm³/mol. The number of para-hydroxylation sites is 1. The van der Waals surface area contributed by atoms with Crippen molar-refractivity contribution < 1.29 is 0 Å². The van der Waals surface area contributed by atoms with Gasteiger partial charge < -0.3 is 15.5 Å². The predicted octanol–water partition coefficient (Wildman–Crippen LogP) is 4.11. The fourth-order valence-corrected chi connectivity index (χ4v) is 4.98. The van der Waals surface area contributed by atoms with Crippen molar-refractivity contribution in [2.75, 3.05) is 38.0 Å². The maximum Gasteiger partial charge on any atom is 0.171 e. The summed E-state index contributed by atoms with van der Waals surface area (Å²) in [6.07, 6.45) is 0. The standard InChI is InChI=1S/C21H30N4S2/c1-4-24-11-13-25(14-12-24)20(19-10-7-15-27-19)17(3)22-21(26)23-18-9-6-5-8-16(18)2/h5-10,15,17,20H,4,11-14H2,1-3H3,(H2,22,23,26). The fraction of sp³-hybridized carbons (Fsp3) is 0.476. The van der Waals surface area contributed by atoms with E-state index in [1.807, 2.05) is 23.5 Å². The highest BCUT2D eigenvalue weighted by Crippen LogP contribution is 2.29. The summed E-state index contributed by atoms with van der Waals surface area (Å²) in [6.45, 7) is 12.2. The Hall–Kier alpha value is -1.47. The molecule has 2 aromatic rings. The molecule has 146 valence electrons.